The minimum atomic E-state index is 0.813. The summed E-state index contributed by atoms with van der Waals surface area (Å²) in [5, 5.41) is 2.21. The van der Waals surface area contributed by atoms with E-state index in [2.05, 4.69) is 35.0 Å². The van der Waals surface area contributed by atoms with Crippen LogP contribution in [0.2, 0.25) is 0 Å². The van der Waals surface area contributed by atoms with Crippen molar-refractivity contribution in [3.05, 3.63) is 60.1 Å². The first kappa shape index (κ1) is 18.0. The van der Waals surface area contributed by atoms with E-state index in [-0.39, 0.29) is 0 Å². The molecule has 0 unspecified atom stereocenters. The molecule has 4 heteroatoms. The van der Waals surface area contributed by atoms with Crippen molar-refractivity contribution in [3.8, 4) is 0 Å². The molecule has 1 fully saturated rings. The van der Waals surface area contributed by atoms with Gasteiger partial charge in [0.1, 0.15) is 0 Å². The first-order valence-electron chi connectivity index (χ1n) is 7.75. The smallest absolute Gasteiger partial charge is 0.0468 e. The third kappa shape index (κ3) is 7.09. The second-order valence-electron chi connectivity index (χ2n) is 5.34. The van der Waals surface area contributed by atoms with E-state index in [0.29, 0.717) is 0 Å². The third-order valence-electron chi connectivity index (χ3n) is 3.34. The highest BCUT2D eigenvalue weighted by molar-refractivity contribution is 5.71. The van der Waals surface area contributed by atoms with Gasteiger partial charge >= 0.3 is 0 Å². The van der Waals surface area contributed by atoms with Gasteiger partial charge < -0.3 is 11.2 Å². The van der Waals surface area contributed by atoms with E-state index in [1.165, 1.54) is 24.6 Å². The quantitative estimate of drug-likeness (QED) is 0.533. The van der Waals surface area contributed by atoms with Gasteiger partial charge in [0.05, 0.1) is 0 Å². The maximum absolute atomic E-state index is 5.30. The molecule has 0 aliphatic carbocycles. The predicted octanol–water partition coefficient (Wildman–Crippen LogP) is 3.44. The van der Waals surface area contributed by atoms with E-state index in [4.69, 9.17) is 5.73 Å². The number of rotatable bonds is 8. The molecular formula is C18H28N4. The topological polar surface area (TPSA) is 53.6 Å². The Kier molecular flexibility index (Phi) is 8.69. The maximum atomic E-state index is 5.30. The van der Waals surface area contributed by atoms with Crippen LogP contribution in [0.1, 0.15) is 33.1 Å². The zero-order valence-corrected chi connectivity index (χ0v) is 13.8. The van der Waals surface area contributed by atoms with Crippen LogP contribution >= 0.6 is 0 Å². The van der Waals surface area contributed by atoms with E-state index >= 15 is 0 Å². The zero-order valence-electron chi connectivity index (χ0n) is 13.8. The summed E-state index contributed by atoms with van der Waals surface area (Å²) in [5.41, 5.74) is 11.9. The van der Waals surface area contributed by atoms with Crippen LogP contribution in [-0.2, 0) is 0 Å². The van der Waals surface area contributed by atoms with E-state index in [0.717, 1.165) is 30.8 Å². The van der Waals surface area contributed by atoms with Gasteiger partial charge in [0, 0.05) is 31.2 Å². The van der Waals surface area contributed by atoms with Crippen LogP contribution in [0.5, 0.6) is 0 Å². The molecule has 0 atom stereocenters. The molecule has 120 valence electrons. The minimum Gasteiger partial charge on any atom is -0.405 e. The van der Waals surface area contributed by atoms with Crippen LogP contribution in [0.25, 0.3) is 0 Å². The lowest BCUT2D eigenvalue weighted by Crippen LogP contribution is -2.34. The summed E-state index contributed by atoms with van der Waals surface area (Å²) < 4.78 is 0. The van der Waals surface area contributed by atoms with Crippen LogP contribution in [0.15, 0.2) is 65.1 Å². The molecule has 0 spiro atoms. The van der Waals surface area contributed by atoms with E-state index in [1.807, 2.05) is 25.3 Å². The molecule has 0 aromatic carbocycles. The Hall–Kier alpha value is -2.07. The average Bonchev–Trinajstić information content (AvgIpc) is 3.01. The molecule has 0 radical (unpaired) electrons. The van der Waals surface area contributed by atoms with E-state index < -0.39 is 0 Å². The second-order valence-corrected chi connectivity index (χ2v) is 5.34. The van der Waals surface area contributed by atoms with Crippen molar-refractivity contribution in [2.24, 2.45) is 10.7 Å². The molecule has 0 aromatic heterocycles. The standard InChI is InChI=1S/C18H28N4/c1-4-5-9-16(2)14-18(15-20-11-8-10-19)17(3)21-22-12-6-7-13-22/h4-5,8-11,15,21H,3,6-7,12-14,19H2,1-2H3/b5-4-,10-8+,16-9+,18-15+,20-11-. The van der Waals surface area contributed by atoms with Crippen molar-refractivity contribution in [2.45, 2.75) is 33.1 Å². The monoisotopic (exact) mass is 300 g/mol. The Bertz CT molecular complexity index is 489. The largest absolute Gasteiger partial charge is 0.405 e. The highest BCUT2D eigenvalue weighted by Crippen LogP contribution is 2.18. The molecule has 4 nitrogen and oxygen atoms in total. The number of allylic oxidation sites excluding steroid dienone is 6. The van der Waals surface area contributed by atoms with Gasteiger partial charge in [-0.3, -0.25) is 4.99 Å². The van der Waals surface area contributed by atoms with Crippen LogP contribution in [-0.4, -0.2) is 24.3 Å². The van der Waals surface area contributed by atoms with Gasteiger partial charge in [0.15, 0.2) is 0 Å². The summed E-state index contributed by atoms with van der Waals surface area (Å²) in [6.45, 7) is 10.4. The fourth-order valence-electron chi connectivity index (χ4n) is 2.17. The molecule has 1 rings (SSSR count). The maximum Gasteiger partial charge on any atom is 0.0468 e. The number of nitrogens with one attached hydrogen (secondary N) is 1. The molecule has 1 heterocycles. The lowest BCUT2D eigenvalue weighted by atomic mass is 10.1. The summed E-state index contributed by atoms with van der Waals surface area (Å²) >= 11 is 0. The van der Waals surface area contributed by atoms with E-state index in [9.17, 15) is 0 Å². The zero-order chi connectivity index (χ0) is 16.2. The van der Waals surface area contributed by atoms with Crippen LogP contribution in [0.3, 0.4) is 0 Å². The number of hydrazine groups is 1. The summed E-state index contributed by atoms with van der Waals surface area (Å²) in [4.78, 5) is 4.27. The molecule has 0 saturated carbocycles. The Morgan fingerprint density at radius 3 is 2.68 bits per heavy atom. The highest BCUT2D eigenvalue weighted by atomic mass is 15.5. The lowest BCUT2D eigenvalue weighted by Gasteiger charge is -2.21. The Balaban J connectivity index is 2.77. The van der Waals surface area contributed by atoms with Gasteiger partial charge in [-0.1, -0.05) is 30.4 Å². The van der Waals surface area contributed by atoms with Gasteiger partial charge in [-0.2, -0.15) is 0 Å². The fraction of sp³-hybridized carbons (Fsp3) is 0.389. The summed E-state index contributed by atoms with van der Waals surface area (Å²) in [7, 11) is 0. The van der Waals surface area contributed by atoms with Crippen LogP contribution in [0.4, 0.5) is 0 Å². The summed E-state index contributed by atoms with van der Waals surface area (Å²) in [6, 6.07) is 0. The van der Waals surface area contributed by atoms with Crippen molar-refractivity contribution in [1.29, 1.82) is 0 Å². The van der Waals surface area contributed by atoms with Gasteiger partial charge in [-0.15, -0.1) is 0 Å². The van der Waals surface area contributed by atoms with Gasteiger partial charge in [-0.05, 0) is 51.0 Å². The summed E-state index contributed by atoms with van der Waals surface area (Å²) in [6.07, 6.45) is 16.1. The lowest BCUT2D eigenvalue weighted by molar-refractivity contribution is 0.269. The van der Waals surface area contributed by atoms with Gasteiger partial charge in [0.2, 0.25) is 0 Å². The molecule has 0 bridgehead atoms. The Labute approximate surface area is 134 Å². The molecule has 3 N–H and O–H groups in total. The molecular weight excluding hydrogens is 272 g/mol. The molecule has 22 heavy (non-hydrogen) atoms. The number of aliphatic imine (C=N–C) groups is 1. The second kappa shape index (κ2) is 10.6. The summed E-state index contributed by atoms with van der Waals surface area (Å²) in [5.74, 6) is 0. The average molecular weight is 300 g/mol. The molecule has 0 aromatic rings. The number of hydrogen-bond acceptors (Lipinski definition) is 4. The Morgan fingerprint density at radius 1 is 1.32 bits per heavy atom. The first-order chi connectivity index (χ1) is 10.7. The SMILES string of the molecule is C=C(NN1CCCC1)/C(=C/N=C\C=C\N)C/C(C)=C/C=C\C. The normalized spacial score (nSPS) is 18.1. The van der Waals surface area contributed by atoms with Crippen molar-refractivity contribution >= 4 is 6.21 Å². The Morgan fingerprint density at radius 2 is 2.05 bits per heavy atom. The molecule has 0 amide bonds. The molecule has 1 aliphatic heterocycles. The predicted molar refractivity (Wildman–Crippen MR) is 96.2 cm³/mol. The van der Waals surface area contributed by atoms with Crippen molar-refractivity contribution in [1.82, 2.24) is 10.4 Å². The van der Waals surface area contributed by atoms with Crippen LogP contribution in [0, 0.1) is 0 Å². The number of nitrogens with zero attached hydrogens (tertiary/aromatic N) is 2. The van der Waals surface area contributed by atoms with Crippen molar-refractivity contribution in [3.63, 3.8) is 0 Å². The number of nitrogens with two attached hydrogens (primary N) is 1. The van der Waals surface area contributed by atoms with Crippen molar-refractivity contribution in [2.75, 3.05) is 13.1 Å². The minimum absolute atomic E-state index is 0.813. The number of hydrogen-bond donors (Lipinski definition) is 2. The van der Waals surface area contributed by atoms with Gasteiger partial charge in [-0.25, -0.2) is 5.01 Å². The van der Waals surface area contributed by atoms with Gasteiger partial charge in [0.25, 0.3) is 0 Å². The van der Waals surface area contributed by atoms with Crippen molar-refractivity contribution < 1.29 is 0 Å². The molecule has 1 aliphatic rings. The highest BCUT2D eigenvalue weighted by Gasteiger charge is 2.13. The van der Waals surface area contributed by atoms with E-state index in [1.54, 1.807) is 12.3 Å². The van der Waals surface area contributed by atoms with Crippen LogP contribution < -0.4 is 11.2 Å². The molecule has 1 saturated heterocycles. The fourth-order valence-corrected chi connectivity index (χ4v) is 2.17. The first-order valence-corrected chi connectivity index (χ1v) is 7.75. The third-order valence-corrected chi connectivity index (χ3v) is 3.34.